The second-order valence-electron chi connectivity index (χ2n) is 5.08. The molecule has 104 valence electrons. The van der Waals surface area contributed by atoms with Crippen molar-refractivity contribution in [2.45, 2.75) is 25.5 Å². The Hall–Kier alpha value is -2.21. The van der Waals surface area contributed by atoms with Crippen molar-refractivity contribution < 1.29 is 19.4 Å². The Morgan fingerprint density at radius 3 is 2.80 bits per heavy atom. The van der Waals surface area contributed by atoms with Gasteiger partial charge in [-0.2, -0.15) is 0 Å². The van der Waals surface area contributed by atoms with Crippen molar-refractivity contribution in [3.8, 4) is 0 Å². The van der Waals surface area contributed by atoms with E-state index in [0.717, 1.165) is 6.07 Å². The van der Waals surface area contributed by atoms with Gasteiger partial charge in [0.25, 0.3) is 0 Å². The van der Waals surface area contributed by atoms with Gasteiger partial charge in [-0.25, -0.2) is 9.18 Å². The number of nitrogens with zero attached hydrogens (tertiary/aromatic N) is 1. The van der Waals surface area contributed by atoms with Crippen LogP contribution in [0.5, 0.6) is 0 Å². The molecule has 1 aliphatic heterocycles. The van der Waals surface area contributed by atoms with Crippen LogP contribution in [0.25, 0.3) is 10.9 Å². The van der Waals surface area contributed by atoms with E-state index in [9.17, 15) is 19.1 Å². The summed E-state index contributed by atoms with van der Waals surface area (Å²) in [6, 6.07) is 2.04. The molecule has 0 saturated heterocycles. The van der Waals surface area contributed by atoms with Crippen molar-refractivity contribution in [3.63, 3.8) is 0 Å². The number of carboxylic acid groups (broad SMARTS) is 1. The van der Waals surface area contributed by atoms with E-state index in [2.05, 4.69) is 0 Å². The third-order valence-corrected chi connectivity index (χ3v) is 3.75. The first-order valence-corrected chi connectivity index (χ1v) is 6.19. The molecule has 2 atom stereocenters. The van der Waals surface area contributed by atoms with E-state index >= 15 is 0 Å². The number of hydrogen-bond acceptors (Lipinski definition) is 3. The number of aliphatic hydroxyl groups excluding tert-OH is 1. The molecular weight excluding hydrogens is 265 g/mol. The highest BCUT2D eigenvalue weighted by Gasteiger charge is 2.28. The van der Waals surface area contributed by atoms with Crippen LogP contribution in [0, 0.1) is 5.82 Å². The van der Waals surface area contributed by atoms with Crippen LogP contribution < -0.4 is 5.43 Å². The van der Waals surface area contributed by atoms with Crippen LogP contribution in [0.2, 0.25) is 0 Å². The highest BCUT2D eigenvalue weighted by molar-refractivity contribution is 5.93. The van der Waals surface area contributed by atoms with Gasteiger partial charge in [-0.1, -0.05) is 0 Å². The average molecular weight is 277 g/mol. The topological polar surface area (TPSA) is 79.5 Å². The monoisotopic (exact) mass is 277 g/mol. The van der Waals surface area contributed by atoms with Crippen molar-refractivity contribution in [1.29, 1.82) is 0 Å². The van der Waals surface area contributed by atoms with Crippen LogP contribution in [-0.2, 0) is 0 Å². The second-order valence-corrected chi connectivity index (χ2v) is 5.08. The molecule has 20 heavy (non-hydrogen) atoms. The molecule has 0 aliphatic carbocycles. The van der Waals surface area contributed by atoms with Crippen molar-refractivity contribution >= 4 is 16.9 Å². The van der Waals surface area contributed by atoms with Crippen molar-refractivity contribution in [2.75, 3.05) is 0 Å². The molecule has 5 nitrogen and oxygen atoms in total. The van der Waals surface area contributed by atoms with E-state index in [4.69, 9.17) is 5.11 Å². The lowest BCUT2D eigenvalue weighted by Crippen LogP contribution is -2.25. The van der Waals surface area contributed by atoms with E-state index in [1.54, 1.807) is 4.57 Å². The van der Waals surface area contributed by atoms with E-state index in [-0.39, 0.29) is 11.4 Å². The summed E-state index contributed by atoms with van der Waals surface area (Å²) in [7, 11) is 0. The van der Waals surface area contributed by atoms with Gasteiger partial charge in [0.1, 0.15) is 11.4 Å². The largest absolute Gasteiger partial charge is 0.477 e. The van der Waals surface area contributed by atoms with Crippen LogP contribution in [0.4, 0.5) is 4.39 Å². The molecule has 1 aromatic carbocycles. The fourth-order valence-electron chi connectivity index (χ4n) is 2.81. The van der Waals surface area contributed by atoms with Crippen molar-refractivity contribution in [3.05, 3.63) is 45.5 Å². The molecule has 0 unspecified atom stereocenters. The van der Waals surface area contributed by atoms with Gasteiger partial charge in [0.15, 0.2) is 0 Å². The number of halogens is 1. The Morgan fingerprint density at radius 1 is 1.45 bits per heavy atom. The van der Waals surface area contributed by atoms with E-state index in [1.165, 1.54) is 12.3 Å². The highest BCUT2D eigenvalue weighted by atomic mass is 19.1. The van der Waals surface area contributed by atoms with Gasteiger partial charge in [0.2, 0.25) is 5.43 Å². The van der Waals surface area contributed by atoms with E-state index < -0.39 is 28.9 Å². The average Bonchev–Trinajstić information content (AvgIpc) is 2.37. The zero-order valence-corrected chi connectivity index (χ0v) is 10.6. The molecule has 1 aromatic heterocycles. The van der Waals surface area contributed by atoms with Gasteiger partial charge < -0.3 is 14.8 Å². The fourth-order valence-corrected chi connectivity index (χ4v) is 2.81. The summed E-state index contributed by atoms with van der Waals surface area (Å²) < 4.78 is 15.2. The first-order valence-electron chi connectivity index (χ1n) is 6.19. The van der Waals surface area contributed by atoms with Crippen LogP contribution in [0.3, 0.4) is 0 Å². The Bertz CT molecular complexity index is 796. The van der Waals surface area contributed by atoms with E-state index in [1.807, 2.05) is 6.92 Å². The minimum Gasteiger partial charge on any atom is -0.477 e. The summed E-state index contributed by atoms with van der Waals surface area (Å²) >= 11 is 0. The molecule has 0 amide bonds. The number of aromatic nitrogens is 1. The summed E-state index contributed by atoms with van der Waals surface area (Å²) in [5.41, 5.74) is -0.386. The number of carboxylic acids is 1. The second kappa shape index (κ2) is 4.14. The van der Waals surface area contributed by atoms with E-state index in [0.29, 0.717) is 17.5 Å². The van der Waals surface area contributed by atoms with Crippen molar-refractivity contribution in [1.82, 2.24) is 4.57 Å². The fraction of sp³-hybridized carbons (Fsp3) is 0.286. The number of pyridine rings is 1. The molecule has 3 rings (SSSR count). The quantitative estimate of drug-likeness (QED) is 0.833. The summed E-state index contributed by atoms with van der Waals surface area (Å²) in [5.74, 6) is -2.00. The van der Waals surface area contributed by atoms with Gasteiger partial charge in [-0.3, -0.25) is 4.79 Å². The third kappa shape index (κ3) is 1.65. The number of benzene rings is 1. The normalized spacial score (nSPS) is 21.1. The lowest BCUT2D eigenvalue weighted by Gasteiger charge is -2.29. The van der Waals surface area contributed by atoms with Crippen LogP contribution in [-0.4, -0.2) is 20.7 Å². The van der Waals surface area contributed by atoms with Gasteiger partial charge in [0, 0.05) is 23.2 Å². The van der Waals surface area contributed by atoms with Crippen LogP contribution in [0.1, 0.15) is 41.4 Å². The molecule has 6 heteroatoms. The molecule has 2 aromatic rings. The Labute approximate surface area is 112 Å². The zero-order chi connectivity index (χ0) is 14.6. The Morgan fingerprint density at radius 2 is 2.15 bits per heavy atom. The Kier molecular flexibility index (Phi) is 2.65. The molecule has 2 N–H and O–H groups in total. The summed E-state index contributed by atoms with van der Waals surface area (Å²) in [6.45, 7) is 1.81. The smallest absolute Gasteiger partial charge is 0.341 e. The minimum absolute atomic E-state index is 0.00880. The molecule has 0 saturated carbocycles. The first-order chi connectivity index (χ1) is 9.40. The van der Waals surface area contributed by atoms with Crippen LogP contribution >= 0.6 is 0 Å². The predicted molar refractivity (Wildman–Crippen MR) is 69.4 cm³/mol. The molecule has 0 spiro atoms. The molecule has 0 bridgehead atoms. The minimum atomic E-state index is -1.34. The molecule has 2 heterocycles. The lowest BCUT2D eigenvalue weighted by atomic mass is 9.93. The summed E-state index contributed by atoms with van der Waals surface area (Å²) in [5, 5.41) is 19.1. The SMILES string of the molecule is C[C@H]1C[C@H](O)c2cc(F)cc3c(=O)c(C(=O)O)cn1c23. The van der Waals surface area contributed by atoms with Gasteiger partial charge in [-0.15, -0.1) is 0 Å². The van der Waals surface area contributed by atoms with Gasteiger partial charge in [-0.05, 0) is 25.5 Å². The molecule has 1 aliphatic rings. The summed E-state index contributed by atoms with van der Waals surface area (Å²) in [6.07, 6.45) is 0.747. The number of aromatic carboxylic acids is 1. The maximum atomic E-state index is 13.6. The maximum absolute atomic E-state index is 13.6. The zero-order valence-electron chi connectivity index (χ0n) is 10.6. The van der Waals surface area contributed by atoms with Crippen LogP contribution in [0.15, 0.2) is 23.1 Å². The lowest BCUT2D eigenvalue weighted by molar-refractivity contribution is 0.0694. The number of aliphatic hydroxyl groups is 1. The third-order valence-electron chi connectivity index (χ3n) is 3.75. The predicted octanol–water partition coefficient (Wildman–Crippen LogP) is 1.84. The standard InChI is InChI=1S/C14H12FNO4/c1-6-2-11(17)8-3-7(15)4-9-12(8)16(6)5-10(13(9)18)14(19)20/h3-6,11,17H,2H2,1H3,(H,19,20)/t6-,11-/m0/s1. The van der Waals surface area contributed by atoms with Gasteiger partial charge >= 0.3 is 5.97 Å². The maximum Gasteiger partial charge on any atom is 0.341 e. The number of carbonyl (C=O) groups is 1. The highest BCUT2D eigenvalue weighted by Crippen LogP contribution is 2.36. The number of hydrogen-bond donors (Lipinski definition) is 2. The van der Waals surface area contributed by atoms with Crippen molar-refractivity contribution in [2.24, 2.45) is 0 Å². The molecule has 0 radical (unpaired) electrons. The Balaban J connectivity index is 2.54. The first kappa shape index (κ1) is 12.8. The summed E-state index contributed by atoms with van der Waals surface area (Å²) in [4.78, 5) is 23.3. The number of rotatable bonds is 1. The van der Waals surface area contributed by atoms with Gasteiger partial charge in [0.05, 0.1) is 11.6 Å². The molecular formula is C14H12FNO4. The molecule has 0 fully saturated rings.